The highest BCUT2D eigenvalue weighted by molar-refractivity contribution is 5.84. The quantitative estimate of drug-likeness (QED) is 0.803. The lowest BCUT2D eigenvalue weighted by Crippen LogP contribution is -2.31. The van der Waals surface area contributed by atoms with Crippen LogP contribution in [0.5, 0.6) is 5.88 Å². The zero-order valence-corrected chi connectivity index (χ0v) is 10.3. The standard InChI is InChI=1S/C12H17N3O3/c1-17-12(16)11-14-7-6-10(15-11)18-9-4-2-8(13)3-5-9/h6-9H,2-5,13H2,1H3. The van der Waals surface area contributed by atoms with Crippen molar-refractivity contribution in [3.05, 3.63) is 18.1 Å². The van der Waals surface area contributed by atoms with Crippen LogP contribution in [0.2, 0.25) is 0 Å². The molecule has 0 amide bonds. The summed E-state index contributed by atoms with van der Waals surface area (Å²) in [7, 11) is 1.29. The maximum atomic E-state index is 11.3. The lowest BCUT2D eigenvalue weighted by atomic mass is 9.94. The minimum Gasteiger partial charge on any atom is -0.474 e. The molecule has 0 aliphatic heterocycles. The lowest BCUT2D eigenvalue weighted by molar-refractivity contribution is 0.0583. The number of methoxy groups -OCH3 is 1. The van der Waals surface area contributed by atoms with Crippen LogP contribution >= 0.6 is 0 Å². The highest BCUT2D eigenvalue weighted by Crippen LogP contribution is 2.21. The number of esters is 1. The topological polar surface area (TPSA) is 87.3 Å². The Hall–Kier alpha value is -1.69. The molecule has 0 atom stereocenters. The average Bonchev–Trinajstić information content (AvgIpc) is 2.41. The predicted octanol–water partition coefficient (Wildman–Crippen LogP) is 0.912. The molecule has 0 saturated heterocycles. The van der Waals surface area contributed by atoms with Gasteiger partial charge in [-0.15, -0.1) is 0 Å². The van der Waals surface area contributed by atoms with Crippen LogP contribution in [0.1, 0.15) is 36.3 Å². The molecule has 0 unspecified atom stereocenters. The minimum atomic E-state index is -0.564. The molecule has 1 aromatic rings. The van der Waals surface area contributed by atoms with Gasteiger partial charge in [-0.25, -0.2) is 9.78 Å². The molecule has 1 fully saturated rings. The molecule has 0 aromatic carbocycles. The molecule has 0 radical (unpaired) electrons. The molecule has 0 bridgehead atoms. The number of nitrogens with two attached hydrogens (primary N) is 1. The van der Waals surface area contributed by atoms with Gasteiger partial charge in [-0.1, -0.05) is 0 Å². The van der Waals surface area contributed by atoms with E-state index in [4.69, 9.17) is 10.5 Å². The Bertz CT molecular complexity index is 417. The van der Waals surface area contributed by atoms with Gasteiger partial charge in [0.2, 0.25) is 11.7 Å². The summed E-state index contributed by atoms with van der Waals surface area (Å²) < 4.78 is 10.3. The molecule has 1 aliphatic carbocycles. The Morgan fingerprint density at radius 2 is 2.11 bits per heavy atom. The van der Waals surface area contributed by atoms with Crippen molar-refractivity contribution in [3.63, 3.8) is 0 Å². The average molecular weight is 251 g/mol. The fraction of sp³-hybridized carbons (Fsp3) is 0.583. The van der Waals surface area contributed by atoms with Crippen molar-refractivity contribution in [1.29, 1.82) is 0 Å². The second kappa shape index (κ2) is 5.77. The van der Waals surface area contributed by atoms with Crippen LogP contribution < -0.4 is 10.5 Å². The van der Waals surface area contributed by atoms with Gasteiger partial charge in [0.25, 0.3) is 0 Å². The summed E-state index contributed by atoms with van der Waals surface area (Å²) in [5.74, 6) is -0.139. The lowest BCUT2D eigenvalue weighted by Gasteiger charge is -2.26. The Morgan fingerprint density at radius 3 is 2.78 bits per heavy atom. The molecular formula is C12H17N3O3. The first-order chi connectivity index (χ1) is 8.69. The number of carbonyl (C=O) groups is 1. The second-order valence-corrected chi connectivity index (χ2v) is 4.36. The number of carbonyl (C=O) groups excluding carboxylic acids is 1. The molecular weight excluding hydrogens is 234 g/mol. The summed E-state index contributed by atoms with van der Waals surface area (Å²) in [6, 6.07) is 1.92. The molecule has 2 rings (SSSR count). The first kappa shape index (κ1) is 12.8. The highest BCUT2D eigenvalue weighted by Gasteiger charge is 2.20. The van der Waals surface area contributed by atoms with E-state index >= 15 is 0 Å². The maximum absolute atomic E-state index is 11.3. The van der Waals surface area contributed by atoms with Gasteiger partial charge in [0.05, 0.1) is 7.11 Å². The van der Waals surface area contributed by atoms with E-state index in [0.29, 0.717) is 5.88 Å². The van der Waals surface area contributed by atoms with Crippen LogP contribution in [0.25, 0.3) is 0 Å². The van der Waals surface area contributed by atoms with Crippen LogP contribution in [-0.4, -0.2) is 35.2 Å². The summed E-state index contributed by atoms with van der Waals surface area (Å²) in [5, 5.41) is 0. The van der Waals surface area contributed by atoms with Crippen molar-refractivity contribution in [2.75, 3.05) is 7.11 Å². The van der Waals surface area contributed by atoms with Gasteiger partial charge in [-0.05, 0) is 25.7 Å². The number of nitrogens with zero attached hydrogens (tertiary/aromatic N) is 2. The Balaban J connectivity index is 1.99. The largest absolute Gasteiger partial charge is 0.474 e. The summed E-state index contributed by atoms with van der Waals surface area (Å²) in [6.07, 6.45) is 5.35. The summed E-state index contributed by atoms with van der Waals surface area (Å²) in [4.78, 5) is 19.1. The molecule has 18 heavy (non-hydrogen) atoms. The summed E-state index contributed by atoms with van der Waals surface area (Å²) in [6.45, 7) is 0. The zero-order valence-electron chi connectivity index (χ0n) is 10.3. The smallest absolute Gasteiger partial charge is 0.376 e. The van der Waals surface area contributed by atoms with Crippen LogP contribution in [-0.2, 0) is 4.74 Å². The normalized spacial score (nSPS) is 23.4. The fourth-order valence-electron chi connectivity index (χ4n) is 1.97. The van der Waals surface area contributed by atoms with Crippen LogP contribution in [0.15, 0.2) is 12.3 Å². The van der Waals surface area contributed by atoms with Gasteiger partial charge in [-0.2, -0.15) is 4.98 Å². The molecule has 6 heteroatoms. The maximum Gasteiger partial charge on any atom is 0.376 e. The summed E-state index contributed by atoms with van der Waals surface area (Å²) >= 11 is 0. The first-order valence-electron chi connectivity index (χ1n) is 6.02. The van der Waals surface area contributed by atoms with Gasteiger partial charge in [-0.3, -0.25) is 0 Å². The monoisotopic (exact) mass is 251 g/mol. The Labute approximate surface area is 106 Å². The van der Waals surface area contributed by atoms with E-state index < -0.39 is 5.97 Å². The van der Waals surface area contributed by atoms with Crippen LogP contribution in [0.3, 0.4) is 0 Å². The van der Waals surface area contributed by atoms with Crippen molar-refractivity contribution < 1.29 is 14.3 Å². The van der Waals surface area contributed by atoms with Crippen molar-refractivity contribution in [2.45, 2.75) is 37.8 Å². The highest BCUT2D eigenvalue weighted by atomic mass is 16.5. The van der Waals surface area contributed by atoms with E-state index in [9.17, 15) is 4.79 Å². The van der Waals surface area contributed by atoms with Crippen molar-refractivity contribution in [2.24, 2.45) is 5.73 Å². The van der Waals surface area contributed by atoms with Crippen LogP contribution in [0, 0.1) is 0 Å². The second-order valence-electron chi connectivity index (χ2n) is 4.36. The van der Waals surface area contributed by atoms with E-state index in [0.717, 1.165) is 25.7 Å². The predicted molar refractivity (Wildman–Crippen MR) is 64.2 cm³/mol. The van der Waals surface area contributed by atoms with E-state index in [1.807, 2.05) is 0 Å². The Kier molecular flexibility index (Phi) is 4.09. The number of aromatic nitrogens is 2. The molecule has 0 spiro atoms. The van der Waals surface area contributed by atoms with Gasteiger partial charge in [0, 0.05) is 18.3 Å². The van der Waals surface area contributed by atoms with E-state index in [1.54, 1.807) is 6.07 Å². The minimum absolute atomic E-state index is 0.0162. The van der Waals surface area contributed by atoms with E-state index in [1.165, 1.54) is 13.3 Å². The number of rotatable bonds is 3. The van der Waals surface area contributed by atoms with Gasteiger partial charge in [0.15, 0.2) is 0 Å². The summed E-state index contributed by atoms with van der Waals surface area (Å²) in [5.41, 5.74) is 5.83. The zero-order chi connectivity index (χ0) is 13.0. The molecule has 1 aromatic heterocycles. The third kappa shape index (κ3) is 3.16. The van der Waals surface area contributed by atoms with E-state index in [2.05, 4.69) is 14.7 Å². The van der Waals surface area contributed by atoms with Crippen LogP contribution in [0.4, 0.5) is 0 Å². The third-order valence-electron chi connectivity index (χ3n) is 3.00. The van der Waals surface area contributed by atoms with Gasteiger partial charge < -0.3 is 15.2 Å². The molecule has 98 valence electrons. The molecule has 6 nitrogen and oxygen atoms in total. The van der Waals surface area contributed by atoms with E-state index in [-0.39, 0.29) is 18.0 Å². The van der Waals surface area contributed by atoms with Crippen molar-refractivity contribution >= 4 is 5.97 Å². The molecule has 1 aliphatic rings. The molecule has 1 saturated carbocycles. The number of hydrogen-bond donors (Lipinski definition) is 1. The third-order valence-corrected chi connectivity index (χ3v) is 3.00. The van der Waals surface area contributed by atoms with Crippen molar-refractivity contribution in [1.82, 2.24) is 9.97 Å². The van der Waals surface area contributed by atoms with Crippen molar-refractivity contribution in [3.8, 4) is 5.88 Å². The number of hydrogen-bond acceptors (Lipinski definition) is 6. The number of ether oxygens (including phenoxy) is 2. The molecule has 2 N–H and O–H groups in total. The van der Waals surface area contributed by atoms with Gasteiger partial charge >= 0.3 is 5.97 Å². The fourth-order valence-corrected chi connectivity index (χ4v) is 1.97. The van der Waals surface area contributed by atoms with Gasteiger partial charge in [0.1, 0.15) is 6.10 Å². The Morgan fingerprint density at radius 1 is 1.39 bits per heavy atom. The SMILES string of the molecule is COC(=O)c1nccc(OC2CCC(N)CC2)n1. The molecule has 1 heterocycles. The first-order valence-corrected chi connectivity index (χ1v) is 6.02.